The Morgan fingerprint density at radius 3 is 2.35 bits per heavy atom. The van der Waals surface area contributed by atoms with E-state index in [-0.39, 0.29) is 29.5 Å². The van der Waals surface area contributed by atoms with Gasteiger partial charge in [0.05, 0.1) is 11.8 Å². The van der Waals surface area contributed by atoms with E-state index in [4.69, 9.17) is 5.14 Å². The van der Waals surface area contributed by atoms with Gasteiger partial charge in [0.2, 0.25) is 15.9 Å². The molecule has 0 aromatic rings. The van der Waals surface area contributed by atoms with Crippen LogP contribution in [0.1, 0.15) is 46.0 Å². The number of nitrogens with zero attached hydrogens (tertiary/aromatic N) is 2. The van der Waals surface area contributed by atoms with Crippen LogP contribution < -0.4 is 5.14 Å². The third-order valence-corrected chi connectivity index (χ3v) is 5.90. The van der Waals surface area contributed by atoms with Crippen molar-refractivity contribution in [2.24, 2.45) is 17.0 Å². The van der Waals surface area contributed by atoms with Gasteiger partial charge in [0.25, 0.3) is 0 Å². The molecule has 0 aromatic carbocycles. The predicted molar refractivity (Wildman–Crippen MR) is 91.3 cm³/mol. The fraction of sp³-hybridized carbons (Fsp3) is 0.938. The minimum atomic E-state index is -3.48. The normalized spacial score (nSPS) is 25.6. The van der Waals surface area contributed by atoms with Crippen LogP contribution in [0, 0.1) is 11.8 Å². The molecule has 2 fully saturated rings. The lowest BCUT2D eigenvalue weighted by Crippen LogP contribution is -2.55. The Bertz CT molecular complexity index is 501. The number of likely N-dealkylation sites (tertiary alicyclic amines) is 2. The number of hydrogen-bond acceptors (Lipinski definition) is 4. The van der Waals surface area contributed by atoms with Crippen molar-refractivity contribution in [2.75, 3.05) is 31.9 Å². The summed E-state index contributed by atoms with van der Waals surface area (Å²) in [6.07, 6.45) is 5.25. The lowest BCUT2D eigenvalue weighted by atomic mass is 9.95. The van der Waals surface area contributed by atoms with Crippen LogP contribution in [0.4, 0.5) is 0 Å². The van der Waals surface area contributed by atoms with Crippen LogP contribution in [0.15, 0.2) is 0 Å². The van der Waals surface area contributed by atoms with Crippen molar-refractivity contribution >= 4 is 15.9 Å². The molecule has 0 radical (unpaired) electrons. The SMILES string of the molecule is CC(C)[C@@H](C(=O)N1CCC[C@@H](CS(N)(=O)=O)C1)N1CCCCC1. The first kappa shape index (κ1) is 18.7. The van der Waals surface area contributed by atoms with E-state index in [1.165, 1.54) is 6.42 Å². The Balaban J connectivity index is 2.03. The van der Waals surface area contributed by atoms with Crippen LogP contribution in [0.25, 0.3) is 0 Å². The summed E-state index contributed by atoms with van der Waals surface area (Å²) >= 11 is 0. The number of carbonyl (C=O) groups excluding carboxylic acids is 1. The molecule has 23 heavy (non-hydrogen) atoms. The number of sulfonamides is 1. The number of amides is 1. The standard InChI is InChI=1S/C16H31N3O3S/c1-13(2)15(18-8-4-3-5-9-18)16(20)19-10-6-7-14(11-19)12-23(17,21)22/h13-15H,3-12H2,1-2H3,(H2,17,21,22)/t14-,15+/m1/s1. The summed E-state index contributed by atoms with van der Waals surface area (Å²) < 4.78 is 22.7. The molecule has 2 atom stereocenters. The van der Waals surface area contributed by atoms with Gasteiger partial charge in [-0.05, 0) is 50.6 Å². The van der Waals surface area contributed by atoms with Crippen molar-refractivity contribution in [1.82, 2.24) is 9.80 Å². The second-order valence-electron chi connectivity index (χ2n) is 7.41. The Kier molecular flexibility index (Phi) is 6.45. The Morgan fingerprint density at radius 2 is 1.78 bits per heavy atom. The number of rotatable bonds is 5. The van der Waals surface area contributed by atoms with Gasteiger partial charge in [-0.15, -0.1) is 0 Å². The monoisotopic (exact) mass is 345 g/mol. The third kappa shape index (κ3) is 5.43. The maximum atomic E-state index is 13.1. The zero-order valence-corrected chi connectivity index (χ0v) is 15.2. The molecule has 0 spiro atoms. The van der Waals surface area contributed by atoms with Gasteiger partial charge < -0.3 is 4.90 Å². The fourth-order valence-electron chi connectivity index (χ4n) is 3.98. The van der Waals surface area contributed by atoms with Crippen LogP contribution in [-0.4, -0.2) is 62.1 Å². The van der Waals surface area contributed by atoms with Crippen molar-refractivity contribution in [1.29, 1.82) is 0 Å². The van der Waals surface area contributed by atoms with E-state index in [1.807, 2.05) is 4.90 Å². The summed E-state index contributed by atoms with van der Waals surface area (Å²) in [6.45, 7) is 7.43. The van der Waals surface area contributed by atoms with Gasteiger partial charge in [0.15, 0.2) is 0 Å². The zero-order valence-electron chi connectivity index (χ0n) is 14.4. The number of primary sulfonamides is 1. The van der Waals surface area contributed by atoms with E-state index in [0.717, 1.165) is 45.3 Å². The molecule has 2 aliphatic rings. The highest BCUT2D eigenvalue weighted by atomic mass is 32.2. The van der Waals surface area contributed by atoms with Crippen molar-refractivity contribution in [3.8, 4) is 0 Å². The topological polar surface area (TPSA) is 83.7 Å². The Hall–Kier alpha value is -0.660. The first-order valence-corrected chi connectivity index (χ1v) is 10.5. The predicted octanol–water partition coefficient (Wildman–Crippen LogP) is 1.02. The Labute approximate surface area is 140 Å². The quantitative estimate of drug-likeness (QED) is 0.806. The lowest BCUT2D eigenvalue weighted by molar-refractivity contribution is -0.141. The van der Waals surface area contributed by atoms with Crippen LogP contribution in [0.2, 0.25) is 0 Å². The zero-order chi connectivity index (χ0) is 17.0. The molecular formula is C16H31N3O3S. The minimum absolute atomic E-state index is 0.0210. The number of carbonyl (C=O) groups is 1. The molecule has 2 saturated heterocycles. The van der Waals surface area contributed by atoms with E-state index >= 15 is 0 Å². The molecule has 0 unspecified atom stereocenters. The first-order valence-electron chi connectivity index (χ1n) is 8.81. The summed E-state index contributed by atoms with van der Waals surface area (Å²) in [4.78, 5) is 17.2. The van der Waals surface area contributed by atoms with Crippen molar-refractivity contribution < 1.29 is 13.2 Å². The highest BCUT2D eigenvalue weighted by Gasteiger charge is 2.35. The van der Waals surface area contributed by atoms with Crippen molar-refractivity contribution in [3.63, 3.8) is 0 Å². The molecule has 0 bridgehead atoms. The molecule has 2 aliphatic heterocycles. The molecule has 0 aromatic heterocycles. The molecule has 0 aliphatic carbocycles. The number of piperidine rings is 2. The molecule has 1 amide bonds. The summed E-state index contributed by atoms with van der Waals surface area (Å²) in [5.74, 6) is 0.379. The largest absolute Gasteiger partial charge is 0.341 e. The van der Waals surface area contributed by atoms with E-state index in [9.17, 15) is 13.2 Å². The maximum Gasteiger partial charge on any atom is 0.240 e. The molecule has 6 nitrogen and oxygen atoms in total. The fourth-order valence-corrected chi connectivity index (χ4v) is 4.91. The lowest BCUT2D eigenvalue weighted by Gasteiger charge is -2.41. The molecule has 2 heterocycles. The Morgan fingerprint density at radius 1 is 1.13 bits per heavy atom. The van der Waals surface area contributed by atoms with Crippen LogP contribution in [0.5, 0.6) is 0 Å². The second kappa shape index (κ2) is 7.94. The third-order valence-electron chi connectivity index (χ3n) is 4.97. The molecule has 7 heteroatoms. The van der Waals surface area contributed by atoms with Gasteiger partial charge in [0.1, 0.15) is 0 Å². The van der Waals surface area contributed by atoms with Gasteiger partial charge in [-0.25, -0.2) is 13.6 Å². The molecule has 2 rings (SSSR count). The van der Waals surface area contributed by atoms with Crippen LogP contribution >= 0.6 is 0 Å². The van der Waals surface area contributed by atoms with Gasteiger partial charge in [-0.3, -0.25) is 9.69 Å². The molecule has 134 valence electrons. The average Bonchev–Trinajstić information content (AvgIpc) is 2.46. The van der Waals surface area contributed by atoms with Gasteiger partial charge >= 0.3 is 0 Å². The van der Waals surface area contributed by atoms with E-state index in [2.05, 4.69) is 18.7 Å². The van der Waals surface area contributed by atoms with Crippen LogP contribution in [0.3, 0.4) is 0 Å². The van der Waals surface area contributed by atoms with E-state index in [0.29, 0.717) is 6.54 Å². The maximum absolute atomic E-state index is 13.1. The summed E-state index contributed by atoms with van der Waals surface area (Å²) in [7, 11) is -3.48. The highest BCUT2D eigenvalue weighted by Crippen LogP contribution is 2.23. The number of hydrogen-bond donors (Lipinski definition) is 1. The van der Waals surface area contributed by atoms with Crippen LogP contribution in [-0.2, 0) is 14.8 Å². The molecule has 0 saturated carbocycles. The minimum Gasteiger partial charge on any atom is -0.341 e. The van der Waals surface area contributed by atoms with Crippen molar-refractivity contribution in [2.45, 2.75) is 52.0 Å². The molecule has 2 N–H and O–H groups in total. The first-order chi connectivity index (χ1) is 10.8. The smallest absolute Gasteiger partial charge is 0.240 e. The van der Waals surface area contributed by atoms with E-state index in [1.54, 1.807) is 0 Å². The summed E-state index contributed by atoms with van der Waals surface area (Å²) in [6, 6.07) is -0.0801. The number of nitrogens with two attached hydrogens (primary N) is 1. The van der Waals surface area contributed by atoms with E-state index < -0.39 is 10.0 Å². The van der Waals surface area contributed by atoms with Gasteiger partial charge in [0, 0.05) is 13.1 Å². The van der Waals surface area contributed by atoms with Gasteiger partial charge in [-0.2, -0.15) is 0 Å². The van der Waals surface area contributed by atoms with Gasteiger partial charge in [-0.1, -0.05) is 20.3 Å². The highest BCUT2D eigenvalue weighted by molar-refractivity contribution is 7.89. The molecular weight excluding hydrogens is 314 g/mol. The summed E-state index contributed by atoms with van der Waals surface area (Å²) in [5.41, 5.74) is 0. The second-order valence-corrected chi connectivity index (χ2v) is 9.07. The average molecular weight is 346 g/mol. The summed E-state index contributed by atoms with van der Waals surface area (Å²) in [5, 5.41) is 5.17. The van der Waals surface area contributed by atoms with Crippen molar-refractivity contribution in [3.05, 3.63) is 0 Å².